The quantitative estimate of drug-likeness (QED) is 0.759. The SMILES string of the molecule is Nc1cnc2nc(C3CCCC3)nn2c1. The Hall–Kier alpha value is -1.65. The average molecular weight is 203 g/mol. The van der Waals surface area contributed by atoms with Crippen LogP contribution in [0.25, 0.3) is 5.78 Å². The largest absolute Gasteiger partial charge is 0.396 e. The molecule has 1 saturated carbocycles. The molecule has 5 nitrogen and oxygen atoms in total. The standard InChI is InChI=1S/C10H13N5/c11-8-5-12-10-13-9(14-15(10)6-8)7-3-1-2-4-7/h5-7H,1-4,11H2. The highest BCUT2D eigenvalue weighted by atomic mass is 15.3. The number of nitrogen functional groups attached to an aromatic ring is 1. The summed E-state index contributed by atoms with van der Waals surface area (Å²) < 4.78 is 1.67. The second-order valence-corrected chi connectivity index (χ2v) is 4.08. The summed E-state index contributed by atoms with van der Waals surface area (Å²) in [6.45, 7) is 0. The molecular weight excluding hydrogens is 190 g/mol. The highest BCUT2D eigenvalue weighted by Crippen LogP contribution is 2.32. The molecule has 2 N–H and O–H groups in total. The van der Waals surface area contributed by atoms with Crippen molar-refractivity contribution in [1.29, 1.82) is 0 Å². The first-order chi connectivity index (χ1) is 7.33. The van der Waals surface area contributed by atoms with E-state index in [-0.39, 0.29) is 0 Å². The van der Waals surface area contributed by atoms with Crippen molar-refractivity contribution in [3.05, 3.63) is 18.2 Å². The summed E-state index contributed by atoms with van der Waals surface area (Å²) >= 11 is 0. The lowest BCUT2D eigenvalue weighted by Gasteiger charge is -2.00. The van der Waals surface area contributed by atoms with E-state index < -0.39 is 0 Å². The van der Waals surface area contributed by atoms with Gasteiger partial charge in [-0.25, -0.2) is 9.50 Å². The summed E-state index contributed by atoms with van der Waals surface area (Å²) in [6.07, 6.45) is 8.35. The second kappa shape index (κ2) is 3.18. The molecule has 2 heterocycles. The van der Waals surface area contributed by atoms with Crippen molar-refractivity contribution < 1.29 is 0 Å². The summed E-state index contributed by atoms with van der Waals surface area (Å²) in [4.78, 5) is 8.56. The van der Waals surface area contributed by atoms with E-state index >= 15 is 0 Å². The molecule has 0 spiro atoms. The molecule has 0 saturated heterocycles. The van der Waals surface area contributed by atoms with E-state index in [0.717, 1.165) is 5.82 Å². The Kier molecular flexibility index (Phi) is 1.83. The fraction of sp³-hybridized carbons (Fsp3) is 0.500. The first kappa shape index (κ1) is 8.64. The molecule has 0 aromatic carbocycles. The molecule has 3 rings (SSSR count). The minimum Gasteiger partial charge on any atom is -0.396 e. The van der Waals surface area contributed by atoms with Gasteiger partial charge in [0.1, 0.15) is 0 Å². The summed E-state index contributed by atoms with van der Waals surface area (Å²) in [5, 5.41) is 4.42. The third-order valence-electron chi connectivity index (χ3n) is 2.95. The Labute approximate surface area is 87.3 Å². The fourth-order valence-corrected chi connectivity index (χ4v) is 2.17. The molecule has 78 valence electrons. The molecular formula is C10H13N5. The van der Waals surface area contributed by atoms with E-state index in [1.165, 1.54) is 25.7 Å². The van der Waals surface area contributed by atoms with Crippen LogP contribution in [0.3, 0.4) is 0 Å². The molecule has 15 heavy (non-hydrogen) atoms. The van der Waals surface area contributed by atoms with Crippen LogP contribution >= 0.6 is 0 Å². The van der Waals surface area contributed by atoms with Crippen LogP contribution in [0, 0.1) is 0 Å². The van der Waals surface area contributed by atoms with Crippen molar-refractivity contribution in [2.45, 2.75) is 31.6 Å². The van der Waals surface area contributed by atoms with Crippen LogP contribution in [0.2, 0.25) is 0 Å². The zero-order chi connectivity index (χ0) is 10.3. The highest BCUT2D eigenvalue weighted by molar-refractivity contribution is 5.38. The van der Waals surface area contributed by atoms with Gasteiger partial charge in [-0.05, 0) is 12.8 Å². The first-order valence-corrected chi connectivity index (χ1v) is 5.31. The van der Waals surface area contributed by atoms with E-state index in [0.29, 0.717) is 17.4 Å². The van der Waals surface area contributed by atoms with Crippen LogP contribution in [-0.2, 0) is 0 Å². The van der Waals surface area contributed by atoms with Crippen molar-refractivity contribution in [3.8, 4) is 0 Å². The van der Waals surface area contributed by atoms with Gasteiger partial charge in [0.2, 0.25) is 0 Å². The van der Waals surface area contributed by atoms with Crippen molar-refractivity contribution in [2.75, 3.05) is 5.73 Å². The summed E-state index contributed by atoms with van der Waals surface area (Å²) in [5.41, 5.74) is 6.25. The monoisotopic (exact) mass is 203 g/mol. The molecule has 1 fully saturated rings. The van der Waals surface area contributed by atoms with E-state index in [1.54, 1.807) is 16.9 Å². The summed E-state index contributed by atoms with van der Waals surface area (Å²) in [6, 6.07) is 0. The normalized spacial score (nSPS) is 17.6. The first-order valence-electron chi connectivity index (χ1n) is 5.31. The lowest BCUT2D eigenvalue weighted by atomic mass is 10.1. The molecule has 1 aliphatic rings. The lowest BCUT2D eigenvalue weighted by molar-refractivity contribution is 0.666. The Bertz CT molecular complexity index is 484. The van der Waals surface area contributed by atoms with Crippen LogP contribution in [0.5, 0.6) is 0 Å². The number of hydrogen-bond acceptors (Lipinski definition) is 4. The molecule has 0 aliphatic heterocycles. The van der Waals surface area contributed by atoms with Gasteiger partial charge in [-0.15, -0.1) is 5.10 Å². The van der Waals surface area contributed by atoms with Gasteiger partial charge in [-0.3, -0.25) is 0 Å². The number of hydrogen-bond donors (Lipinski definition) is 1. The third-order valence-corrected chi connectivity index (χ3v) is 2.95. The smallest absolute Gasteiger partial charge is 0.252 e. The van der Waals surface area contributed by atoms with Crippen molar-refractivity contribution in [3.63, 3.8) is 0 Å². The van der Waals surface area contributed by atoms with Crippen LogP contribution in [-0.4, -0.2) is 19.6 Å². The van der Waals surface area contributed by atoms with Crippen LogP contribution in [0.15, 0.2) is 12.4 Å². The van der Waals surface area contributed by atoms with Crippen LogP contribution in [0.1, 0.15) is 37.4 Å². The molecule has 0 unspecified atom stereocenters. The van der Waals surface area contributed by atoms with E-state index in [2.05, 4.69) is 15.1 Å². The molecule has 1 aliphatic carbocycles. The number of nitrogens with two attached hydrogens (primary N) is 1. The Morgan fingerprint density at radius 2 is 2.13 bits per heavy atom. The van der Waals surface area contributed by atoms with Gasteiger partial charge in [-0.2, -0.15) is 4.98 Å². The zero-order valence-corrected chi connectivity index (χ0v) is 8.43. The minimum absolute atomic E-state index is 0.521. The molecule has 0 radical (unpaired) electrons. The molecule has 5 heteroatoms. The molecule has 0 amide bonds. The summed E-state index contributed by atoms with van der Waals surface area (Å²) in [7, 11) is 0. The number of aromatic nitrogens is 4. The highest BCUT2D eigenvalue weighted by Gasteiger charge is 2.21. The average Bonchev–Trinajstić information content (AvgIpc) is 2.84. The second-order valence-electron chi connectivity index (χ2n) is 4.08. The predicted molar refractivity (Wildman–Crippen MR) is 56.4 cm³/mol. The molecule has 2 aromatic rings. The Morgan fingerprint density at radius 1 is 1.33 bits per heavy atom. The minimum atomic E-state index is 0.521. The Balaban J connectivity index is 2.05. The van der Waals surface area contributed by atoms with Gasteiger partial charge in [0.05, 0.1) is 18.1 Å². The van der Waals surface area contributed by atoms with Crippen molar-refractivity contribution in [2.24, 2.45) is 0 Å². The molecule has 0 bridgehead atoms. The summed E-state index contributed by atoms with van der Waals surface area (Å²) in [5.74, 6) is 2.09. The van der Waals surface area contributed by atoms with Gasteiger partial charge >= 0.3 is 0 Å². The van der Waals surface area contributed by atoms with Gasteiger partial charge in [-0.1, -0.05) is 12.8 Å². The number of anilines is 1. The van der Waals surface area contributed by atoms with E-state index in [9.17, 15) is 0 Å². The third kappa shape index (κ3) is 1.44. The van der Waals surface area contributed by atoms with Gasteiger partial charge in [0.25, 0.3) is 5.78 Å². The van der Waals surface area contributed by atoms with Crippen LogP contribution in [0.4, 0.5) is 5.69 Å². The van der Waals surface area contributed by atoms with Gasteiger partial charge in [0, 0.05) is 5.92 Å². The van der Waals surface area contributed by atoms with Gasteiger partial charge < -0.3 is 5.73 Å². The molecule has 2 aromatic heterocycles. The van der Waals surface area contributed by atoms with E-state index in [1.807, 2.05) is 0 Å². The van der Waals surface area contributed by atoms with Crippen molar-refractivity contribution >= 4 is 11.5 Å². The zero-order valence-electron chi connectivity index (χ0n) is 8.43. The van der Waals surface area contributed by atoms with Crippen LogP contribution < -0.4 is 5.73 Å². The number of nitrogens with zero attached hydrogens (tertiary/aromatic N) is 4. The maximum atomic E-state index is 5.64. The maximum Gasteiger partial charge on any atom is 0.252 e. The van der Waals surface area contributed by atoms with E-state index in [4.69, 9.17) is 5.73 Å². The maximum absolute atomic E-state index is 5.64. The fourth-order valence-electron chi connectivity index (χ4n) is 2.17. The predicted octanol–water partition coefficient (Wildman–Crippen LogP) is 1.36. The van der Waals surface area contributed by atoms with Gasteiger partial charge in [0.15, 0.2) is 5.82 Å². The Morgan fingerprint density at radius 3 is 2.93 bits per heavy atom. The number of rotatable bonds is 1. The van der Waals surface area contributed by atoms with Crippen molar-refractivity contribution in [1.82, 2.24) is 19.6 Å². The topological polar surface area (TPSA) is 69.1 Å². The lowest BCUT2D eigenvalue weighted by Crippen LogP contribution is -1.96. The number of fused-ring (bicyclic) bond motifs is 1. The molecule has 0 atom stereocenters.